The van der Waals surface area contributed by atoms with Crippen molar-refractivity contribution in [1.29, 1.82) is 0 Å². The van der Waals surface area contributed by atoms with E-state index in [1.54, 1.807) is 6.92 Å². The van der Waals surface area contributed by atoms with Crippen molar-refractivity contribution < 1.29 is 14.6 Å². The van der Waals surface area contributed by atoms with Gasteiger partial charge in [-0.3, -0.25) is 10.1 Å². The fraction of sp³-hybridized carbons (Fsp3) is 0.615. The number of hydrogen-bond donors (Lipinski definition) is 0. The molecule has 0 bridgehead atoms. The van der Waals surface area contributed by atoms with Crippen molar-refractivity contribution in [3.8, 4) is 0 Å². The molecule has 120 valence electrons. The molecule has 1 fully saturated rings. The Labute approximate surface area is 132 Å². The molecule has 0 radical (unpaired) electrons. The average molecular weight is 329 g/mol. The largest absolute Gasteiger partial charge is 0.339 e. The van der Waals surface area contributed by atoms with Crippen LogP contribution < -0.4 is 5.06 Å². The Kier molecular flexibility index (Phi) is 5.12. The molecular weight excluding hydrogens is 312 g/mol. The van der Waals surface area contributed by atoms with Crippen LogP contribution in [0.1, 0.15) is 39.5 Å². The predicted octanol–water partition coefficient (Wildman–Crippen LogP) is 2.90. The molecule has 0 saturated heterocycles. The van der Waals surface area contributed by atoms with Crippen molar-refractivity contribution in [2.24, 2.45) is 5.92 Å². The Morgan fingerprint density at radius 3 is 2.82 bits per heavy atom. The van der Waals surface area contributed by atoms with Crippen LogP contribution in [0.2, 0.25) is 5.28 Å². The molecular formula is C13H17ClN4O4. The molecule has 9 heteroatoms. The van der Waals surface area contributed by atoms with Gasteiger partial charge in [0.2, 0.25) is 11.1 Å². The van der Waals surface area contributed by atoms with Gasteiger partial charge in [0.25, 0.3) is 0 Å². The number of hydrogen-bond acceptors (Lipinski definition) is 7. The fourth-order valence-corrected chi connectivity index (χ4v) is 2.03. The highest BCUT2D eigenvalue weighted by Gasteiger charge is 2.35. The van der Waals surface area contributed by atoms with Crippen molar-refractivity contribution in [2.75, 3.05) is 5.06 Å². The summed E-state index contributed by atoms with van der Waals surface area (Å²) in [5.74, 6) is -0.830. The van der Waals surface area contributed by atoms with E-state index in [1.165, 1.54) is 5.06 Å². The highest BCUT2D eigenvalue weighted by molar-refractivity contribution is 6.28. The number of halogens is 1. The second kappa shape index (κ2) is 6.87. The summed E-state index contributed by atoms with van der Waals surface area (Å²) in [6.07, 6.45) is 4.14. The third-order valence-corrected chi connectivity index (χ3v) is 3.92. The van der Waals surface area contributed by atoms with Crippen LogP contribution in [0.5, 0.6) is 0 Å². The van der Waals surface area contributed by atoms with E-state index < -0.39 is 10.9 Å². The molecule has 1 unspecified atom stereocenters. The Morgan fingerprint density at radius 1 is 1.64 bits per heavy atom. The molecule has 1 heterocycles. The van der Waals surface area contributed by atoms with E-state index in [2.05, 4.69) is 9.97 Å². The highest BCUT2D eigenvalue weighted by Crippen LogP contribution is 2.34. The molecule has 22 heavy (non-hydrogen) atoms. The van der Waals surface area contributed by atoms with Crippen LogP contribution in [0.4, 0.5) is 11.5 Å². The molecule has 1 atom stereocenters. The minimum Gasteiger partial charge on any atom is -0.339 e. The molecule has 1 aliphatic rings. The third kappa shape index (κ3) is 3.44. The maximum atomic E-state index is 12.1. The minimum absolute atomic E-state index is 0.0775. The Balaban J connectivity index is 2.35. The van der Waals surface area contributed by atoms with Gasteiger partial charge >= 0.3 is 11.7 Å². The van der Waals surface area contributed by atoms with Crippen molar-refractivity contribution in [2.45, 2.75) is 45.6 Å². The number of nitro groups is 1. The topological polar surface area (TPSA) is 98.5 Å². The van der Waals surface area contributed by atoms with Gasteiger partial charge in [0.1, 0.15) is 6.20 Å². The number of carbonyl (C=O) groups is 1. The maximum absolute atomic E-state index is 12.1. The van der Waals surface area contributed by atoms with Crippen LogP contribution in [0.15, 0.2) is 6.20 Å². The molecule has 1 aromatic rings. The van der Waals surface area contributed by atoms with Gasteiger partial charge in [0.15, 0.2) is 0 Å². The smallest absolute Gasteiger partial charge is 0.335 e. The molecule has 0 aliphatic heterocycles. The van der Waals surface area contributed by atoms with E-state index in [-0.39, 0.29) is 28.7 Å². The first-order valence-corrected chi connectivity index (χ1v) is 7.49. The molecule has 0 spiro atoms. The van der Waals surface area contributed by atoms with Gasteiger partial charge in [0, 0.05) is 0 Å². The lowest BCUT2D eigenvalue weighted by Crippen LogP contribution is -2.43. The Hall–Kier alpha value is -1.96. The van der Waals surface area contributed by atoms with Gasteiger partial charge in [-0.05, 0) is 37.3 Å². The lowest BCUT2D eigenvalue weighted by atomic mass is 9.93. The zero-order chi connectivity index (χ0) is 16.3. The van der Waals surface area contributed by atoms with Gasteiger partial charge in [0.05, 0.1) is 16.9 Å². The van der Waals surface area contributed by atoms with Crippen LogP contribution >= 0.6 is 11.6 Å². The first kappa shape index (κ1) is 16.4. The molecule has 0 amide bonds. The number of anilines is 1. The van der Waals surface area contributed by atoms with E-state index in [0.717, 1.165) is 25.5 Å². The SMILES string of the molecule is CCC(C)C(=O)ON(c1nc(Cl)ncc1[N+](=O)[O-])C1CCC1. The number of hydroxylamine groups is 1. The molecule has 1 saturated carbocycles. The van der Waals surface area contributed by atoms with Crippen molar-refractivity contribution in [1.82, 2.24) is 9.97 Å². The average Bonchev–Trinajstić information content (AvgIpc) is 2.43. The minimum atomic E-state index is -0.617. The van der Waals surface area contributed by atoms with E-state index in [9.17, 15) is 14.9 Å². The number of nitrogens with zero attached hydrogens (tertiary/aromatic N) is 4. The standard InChI is InChI=1S/C13H17ClN4O4/c1-3-8(2)12(19)22-17(9-5-4-6-9)11-10(18(20)21)7-15-13(14)16-11/h7-9H,3-6H2,1-2H3. The van der Waals surface area contributed by atoms with Gasteiger partial charge < -0.3 is 4.84 Å². The molecule has 8 nitrogen and oxygen atoms in total. The summed E-state index contributed by atoms with van der Waals surface area (Å²) in [4.78, 5) is 35.5. The second-order valence-electron chi connectivity index (χ2n) is 5.24. The fourth-order valence-electron chi connectivity index (χ4n) is 1.90. The van der Waals surface area contributed by atoms with Gasteiger partial charge in [-0.1, -0.05) is 13.8 Å². The maximum Gasteiger partial charge on any atom is 0.335 e. The second-order valence-corrected chi connectivity index (χ2v) is 5.57. The quantitative estimate of drug-likeness (QED) is 0.449. The lowest BCUT2D eigenvalue weighted by Gasteiger charge is -2.36. The zero-order valence-electron chi connectivity index (χ0n) is 12.4. The summed E-state index contributed by atoms with van der Waals surface area (Å²) in [7, 11) is 0. The Morgan fingerprint density at radius 2 is 2.32 bits per heavy atom. The molecule has 1 aromatic heterocycles. The zero-order valence-corrected chi connectivity index (χ0v) is 13.1. The molecule has 0 N–H and O–H groups in total. The van der Waals surface area contributed by atoms with Gasteiger partial charge in [-0.15, -0.1) is 0 Å². The third-order valence-electron chi connectivity index (χ3n) is 3.74. The number of aromatic nitrogens is 2. The summed E-state index contributed by atoms with van der Waals surface area (Å²) < 4.78 is 0. The van der Waals surface area contributed by atoms with E-state index >= 15 is 0 Å². The van der Waals surface area contributed by atoms with Crippen LogP contribution in [-0.2, 0) is 9.63 Å². The summed E-state index contributed by atoms with van der Waals surface area (Å²) in [5.41, 5.74) is -0.340. The predicted molar refractivity (Wildman–Crippen MR) is 79.4 cm³/mol. The lowest BCUT2D eigenvalue weighted by molar-refractivity contribution is -0.384. The number of rotatable bonds is 6. The molecule has 2 rings (SSSR count). The van der Waals surface area contributed by atoms with Crippen LogP contribution in [-0.4, -0.2) is 26.9 Å². The monoisotopic (exact) mass is 328 g/mol. The van der Waals surface area contributed by atoms with Crippen LogP contribution in [0.25, 0.3) is 0 Å². The van der Waals surface area contributed by atoms with Crippen LogP contribution in [0.3, 0.4) is 0 Å². The summed E-state index contributed by atoms with van der Waals surface area (Å²) in [6, 6.07) is -0.127. The van der Waals surface area contributed by atoms with Gasteiger partial charge in [-0.25, -0.2) is 9.78 Å². The number of carbonyl (C=O) groups excluding carboxylic acids is 1. The first-order valence-electron chi connectivity index (χ1n) is 7.12. The van der Waals surface area contributed by atoms with E-state index in [0.29, 0.717) is 6.42 Å². The van der Waals surface area contributed by atoms with E-state index in [1.807, 2.05) is 6.92 Å². The van der Waals surface area contributed by atoms with Crippen molar-refractivity contribution in [3.05, 3.63) is 21.6 Å². The van der Waals surface area contributed by atoms with Crippen molar-refractivity contribution in [3.63, 3.8) is 0 Å². The summed E-state index contributed by atoms with van der Waals surface area (Å²) >= 11 is 5.75. The highest BCUT2D eigenvalue weighted by atomic mass is 35.5. The summed E-state index contributed by atoms with van der Waals surface area (Å²) in [6.45, 7) is 3.60. The van der Waals surface area contributed by atoms with Crippen molar-refractivity contribution >= 4 is 29.1 Å². The summed E-state index contributed by atoms with van der Waals surface area (Å²) in [5, 5.41) is 12.2. The molecule has 0 aromatic carbocycles. The Bertz CT molecular complexity index is 579. The van der Waals surface area contributed by atoms with Gasteiger partial charge in [-0.2, -0.15) is 10.0 Å². The molecule has 1 aliphatic carbocycles. The first-order chi connectivity index (χ1) is 10.4. The van der Waals surface area contributed by atoms with E-state index in [4.69, 9.17) is 16.4 Å². The normalized spacial score (nSPS) is 15.8. The van der Waals surface area contributed by atoms with Crippen LogP contribution in [0, 0.1) is 16.0 Å².